The van der Waals surface area contributed by atoms with Gasteiger partial charge in [0.1, 0.15) is 122 Å². The molecular weight excluding hydrogens is 941 g/mol. The first kappa shape index (κ1) is 57.1. The first-order chi connectivity index (χ1) is 32.0. The molecule has 25 atom stereocenters. The molecule has 5 aliphatic rings. The molecule has 5 aliphatic heterocycles. The van der Waals surface area contributed by atoms with Gasteiger partial charge in [-0.3, -0.25) is 9.59 Å². The molecule has 5 heterocycles. The fourth-order valence-corrected chi connectivity index (χ4v) is 9.07. The Kier molecular flexibility index (Phi) is 20.8. The molecule has 0 bridgehead atoms. The van der Waals surface area contributed by atoms with Crippen molar-refractivity contribution in [1.82, 2.24) is 10.6 Å². The van der Waals surface area contributed by atoms with Gasteiger partial charge in [-0.25, -0.2) is 0 Å². The van der Waals surface area contributed by atoms with E-state index < -0.39 is 206 Å². The molecule has 16 N–H and O–H groups in total. The fourth-order valence-electron chi connectivity index (χ4n) is 8.34. The predicted octanol–water partition coefficient (Wildman–Crippen LogP) is -9.27. The summed E-state index contributed by atoms with van der Waals surface area (Å²) in [6.45, 7) is 4.47. The number of nitrogens with one attached hydrogen (secondary N) is 2. The van der Waals surface area contributed by atoms with E-state index in [1.807, 2.05) is 0 Å². The van der Waals surface area contributed by atoms with Gasteiger partial charge in [-0.15, -0.1) is 0 Å². The molecule has 0 spiro atoms. The minimum absolute atomic E-state index is 0.108. The van der Waals surface area contributed by atoms with Crippen molar-refractivity contribution in [3.05, 3.63) is 0 Å². The lowest BCUT2D eigenvalue weighted by molar-refractivity contribution is -0.376. The molecule has 29 heteroatoms. The van der Waals surface area contributed by atoms with Gasteiger partial charge >= 0.3 is 0 Å². The Bertz CT molecular complexity index is 1580. The molecule has 0 unspecified atom stereocenters. The van der Waals surface area contributed by atoms with Crippen molar-refractivity contribution in [2.75, 3.05) is 39.6 Å². The van der Waals surface area contributed by atoms with Gasteiger partial charge in [-0.05, 0) is 6.04 Å². The topological polar surface area (TPSA) is 434 Å². The zero-order valence-electron chi connectivity index (χ0n) is 38.0. The number of amides is 2. The van der Waals surface area contributed by atoms with Crippen LogP contribution >= 0.6 is 0 Å². The third kappa shape index (κ3) is 13.4. The van der Waals surface area contributed by atoms with Gasteiger partial charge in [0.05, 0.1) is 33.0 Å². The SMILES string of the molecule is CC(=O)N[C@H]1[C@H](OC[C@H]2O[C@H](OCC[Si](C)(C)C)[C@H](NC(C)=O)[C@@H](O[C@@H]3O[C@H](CO)[C@H](O)[C@H](O)[C@H]3O)[C@H]2O)O[C@H](CO)[C@@H](O[C@@H]2O[C@H](CO)[C@H](O[C@@H]3O[C@H](CO)[C@H](O)[C@H](O)[C@H]3O)[C@H](O)[C@H]2O)[C@@H]1O. The van der Waals surface area contributed by atoms with Crippen LogP contribution < -0.4 is 10.6 Å². The Balaban J connectivity index is 1.34. The number of rotatable bonds is 19. The van der Waals surface area contributed by atoms with Crippen LogP contribution in [0.1, 0.15) is 13.8 Å². The second-order valence-corrected chi connectivity index (χ2v) is 24.2. The van der Waals surface area contributed by atoms with Gasteiger partial charge in [0.15, 0.2) is 31.5 Å². The summed E-state index contributed by atoms with van der Waals surface area (Å²) in [7, 11) is -1.74. The van der Waals surface area contributed by atoms with E-state index in [2.05, 4.69) is 30.3 Å². The highest BCUT2D eigenvalue weighted by Gasteiger charge is 2.56. The van der Waals surface area contributed by atoms with Crippen molar-refractivity contribution in [1.29, 1.82) is 0 Å². The van der Waals surface area contributed by atoms with Crippen LogP contribution in [0.2, 0.25) is 25.7 Å². The maximum Gasteiger partial charge on any atom is 0.217 e. The third-order valence-corrected chi connectivity index (χ3v) is 13.9. The van der Waals surface area contributed by atoms with Crippen LogP contribution in [-0.4, -0.2) is 284 Å². The van der Waals surface area contributed by atoms with Gasteiger partial charge in [-0.1, -0.05) is 19.6 Å². The summed E-state index contributed by atoms with van der Waals surface area (Å²) in [6, 6.07) is -2.28. The molecule has 2 amide bonds. The van der Waals surface area contributed by atoms with Crippen molar-refractivity contribution >= 4 is 19.9 Å². The van der Waals surface area contributed by atoms with Crippen LogP contribution in [0.15, 0.2) is 0 Å². The van der Waals surface area contributed by atoms with E-state index in [9.17, 15) is 81.1 Å². The maximum atomic E-state index is 12.5. The standard InChI is InChI=1S/C39H70N2O26Si/c1-13(46)40-20-25(51)32(65-39-31(57)28(54)33(18(11-45)63-39)66-37-29(55)26(52)22(48)15(8-42)60-37)17(10-44)62-35(20)59-12-19-24(50)34(67-38-30(56)27(53)23(49)16(9-43)61-38)21(41-14(2)47)36(64-19)58-6-7-68(3,4)5/h15-39,42-45,48-57H,6-12H2,1-5H3,(H,40,46)(H,41,47)/t15-,16-,17-,18-,19-,20-,21-,22+,23+,24+,25-,26+,27+,28-,29-,30-,31-,32-,33+,34-,35-,36+,37+,38+,39+/m1/s1. The lowest BCUT2D eigenvalue weighted by Crippen LogP contribution is -2.69. The van der Waals surface area contributed by atoms with Crippen molar-refractivity contribution in [2.45, 2.75) is 193 Å². The summed E-state index contributed by atoms with van der Waals surface area (Å²) in [5.74, 6) is -1.36. The Hall–Kier alpha value is -1.80. The molecule has 0 aliphatic carbocycles. The van der Waals surface area contributed by atoms with E-state index in [4.69, 9.17) is 47.4 Å². The molecule has 28 nitrogen and oxygen atoms in total. The molecule has 68 heavy (non-hydrogen) atoms. The van der Waals surface area contributed by atoms with Gasteiger partial charge in [0, 0.05) is 28.5 Å². The molecule has 0 aromatic heterocycles. The first-order valence-electron chi connectivity index (χ1n) is 22.2. The number of aliphatic hydroxyl groups is 14. The van der Waals surface area contributed by atoms with Crippen molar-refractivity contribution < 1.29 is 128 Å². The summed E-state index contributed by atoms with van der Waals surface area (Å²) < 4.78 is 58.2. The number of aliphatic hydroxyl groups excluding tert-OH is 14. The Morgan fingerprint density at radius 1 is 0.441 bits per heavy atom. The summed E-state index contributed by atoms with van der Waals surface area (Å²) in [4.78, 5) is 25.0. The second-order valence-electron chi connectivity index (χ2n) is 18.6. The number of ether oxygens (including phenoxy) is 10. The number of carbonyl (C=O) groups is 2. The Morgan fingerprint density at radius 2 is 0.824 bits per heavy atom. The van der Waals surface area contributed by atoms with Crippen LogP contribution in [0.4, 0.5) is 0 Å². The maximum absolute atomic E-state index is 12.5. The first-order valence-corrected chi connectivity index (χ1v) is 25.9. The fraction of sp³-hybridized carbons (Fsp3) is 0.949. The lowest BCUT2D eigenvalue weighted by Gasteiger charge is -2.49. The van der Waals surface area contributed by atoms with E-state index in [0.717, 1.165) is 6.92 Å². The van der Waals surface area contributed by atoms with Crippen molar-refractivity contribution in [3.8, 4) is 0 Å². The molecule has 396 valence electrons. The van der Waals surface area contributed by atoms with Gasteiger partial charge in [0.2, 0.25) is 11.8 Å². The smallest absolute Gasteiger partial charge is 0.217 e. The van der Waals surface area contributed by atoms with E-state index in [1.165, 1.54) is 6.92 Å². The van der Waals surface area contributed by atoms with Crippen LogP contribution in [-0.2, 0) is 57.0 Å². The van der Waals surface area contributed by atoms with E-state index in [-0.39, 0.29) is 6.61 Å². The molecule has 5 saturated heterocycles. The Morgan fingerprint density at radius 3 is 1.28 bits per heavy atom. The average Bonchev–Trinajstić information content (AvgIpc) is 3.28. The molecule has 0 radical (unpaired) electrons. The quantitative estimate of drug-likeness (QED) is 0.0534. The predicted molar refractivity (Wildman–Crippen MR) is 222 cm³/mol. The summed E-state index contributed by atoms with van der Waals surface area (Å²) in [5.41, 5.74) is 0. The summed E-state index contributed by atoms with van der Waals surface area (Å²) >= 11 is 0. The molecule has 5 rings (SSSR count). The molecular formula is C39H70N2O26Si. The molecule has 0 aromatic rings. The van der Waals surface area contributed by atoms with Gasteiger partial charge in [-0.2, -0.15) is 0 Å². The molecule has 0 saturated carbocycles. The number of hydrogen-bond donors (Lipinski definition) is 16. The average molecular weight is 1010 g/mol. The van der Waals surface area contributed by atoms with Crippen molar-refractivity contribution in [3.63, 3.8) is 0 Å². The number of carbonyl (C=O) groups excluding carboxylic acids is 2. The second kappa shape index (κ2) is 24.7. The van der Waals surface area contributed by atoms with Crippen LogP contribution in [0.3, 0.4) is 0 Å². The third-order valence-electron chi connectivity index (χ3n) is 12.2. The van der Waals surface area contributed by atoms with Gasteiger partial charge in [0.25, 0.3) is 0 Å². The summed E-state index contributed by atoms with van der Waals surface area (Å²) in [5, 5.41) is 153. The number of hydrogen-bond acceptors (Lipinski definition) is 26. The van der Waals surface area contributed by atoms with Crippen LogP contribution in [0.5, 0.6) is 0 Å². The zero-order chi connectivity index (χ0) is 50.5. The van der Waals surface area contributed by atoms with Gasteiger partial charge < -0.3 is 129 Å². The van der Waals surface area contributed by atoms with Crippen LogP contribution in [0.25, 0.3) is 0 Å². The normalized spacial score (nSPS) is 46.0. The lowest BCUT2D eigenvalue weighted by atomic mass is 9.94. The van der Waals surface area contributed by atoms with Crippen molar-refractivity contribution in [2.24, 2.45) is 0 Å². The minimum atomic E-state index is -2.07. The highest BCUT2D eigenvalue weighted by Crippen LogP contribution is 2.35. The monoisotopic (exact) mass is 1010 g/mol. The highest BCUT2D eigenvalue weighted by molar-refractivity contribution is 6.76. The van der Waals surface area contributed by atoms with E-state index in [0.29, 0.717) is 6.04 Å². The summed E-state index contributed by atoms with van der Waals surface area (Å²) in [6.07, 6.45) is -39.9. The molecule has 0 aromatic carbocycles. The molecule has 5 fully saturated rings. The largest absolute Gasteiger partial charge is 0.394 e. The van der Waals surface area contributed by atoms with E-state index in [1.54, 1.807) is 0 Å². The zero-order valence-corrected chi connectivity index (χ0v) is 39.0. The minimum Gasteiger partial charge on any atom is -0.394 e. The van der Waals surface area contributed by atoms with E-state index >= 15 is 0 Å². The Labute approximate surface area is 391 Å². The van der Waals surface area contributed by atoms with Crippen LogP contribution in [0, 0.1) is 0 Å². The highest BCUT2D eigenvalue weighted by atomic mass is 28.3.